The predicted molar refractivity (Wildman–Crippen MR) is 83.6 cm³/mol. The van der Waals surface area contributed by atoms with Gasteiger partial charge in [0.2, 0.25) is 5.91 Å². The van der Waals surface area contributed by atoms with Crippen LogP contribution in [0.4, 0.5) is 5.13 Å². The van der Waals surface area contributed by atoms with E-state index in [0.29, 0.717) is 15.8 Å². The molecule has 1 fully saturated rings. The molecule has 1 aliphatic rings. The van der Waals surface area contributed by atoms with Gasteiger partial charge in [0.15, 0.2) is 10.8 Å². The number of hydrogen-bond acceptors (Lipinski definition) is 4. The summed E-state index contributed by atoms with van der Waals surface area (Å²) in [6.45, 7) is 0. The van der Waals surface area contributed by atoms with Gasteiger partial charge in [0.1, 0.15) is 4.70 Å². The number of fused-ring (bicyclic) bond motifs is 1. The highest BCUT2D eigenvalue weighted by Gasteiger charge is 2.30. The number of carbonyl (C=O) groups is 1. The maximum atomic E-state index is 11.8. The van der Waals surface area contributed by atoms with Crippen molar-refractivity contribution in [1.29, 1.82) is 0 Å². The minimum Gasteiger partial charge on any atom is -0.302 e. The van der Waals surface area contributed by atoms with Crippen molar-refractivity contribution in [2.24, 2.45) is 5.92 Å². The summed E-state index contributed by atoms with van der Waals surface area (Å²) in [4.78, 5) is 16.1. The minimum atomic E-state index is 0.0506. The number of rotatable bonds is 3. The van der Waals surface area contributed by atoms with E-state index in [4.69, 9.17) is 11.6 Å². The molecule has 0 bridgehead atoms. The number of benzene rings is 1. The van der Waals surface area contributed by atoms with Crippen molar-refractivity contribution in [3.63, 3.8) is 0 Å². The van der Waals surface area contributed by atoms with Crippen molar-refractivity contribution < 1.29 is 4.79 Å². The highest BCUT2D eigenvalue weighted by Crippen LogP contribution is 2.37. The topological polar surface area (TPSA) is 70.7 Å². The van der Waals surface area contributed by atoms with E-state index >= 15 is 0 Å². The van der Waals surface area contributed by atoms with Crippen LogP contribution in [0, 0.1) is 5.92 Å². The van der Waals surface area contributed by atoms with Gasteiger partial charge >= 0.3 is 0 Å². The largest absolute Gasteiger partial charge is 0.302 e. The van der Waals surface area contributed by atoms with Crippen LogP contribution >= 0.6 is 22.9 Å². The van der Waals surface area contributed by atoms with Crippen molar-refractivity contribution in [3.8, 4) is 11.3 Å². The van der Waals surface area contributed by atoms with E-state index in [9.17, 15) is 4.79 Å². The van der Waals surface area contributed by atoms with Crippen LogP contribution in [0.25, 0.3) is 21.6 Å². The third kappa shape index (κ3) is 2.30. The smallest absolute Gasteiger partial charge is 0.229 e. The lowest BCUT2D eigenvalue weighted by Gasteiger charge is -2.00. The molecule has 1 amide bonds. The first-order valence-electron chi connectivity index (χ1n) is 6.63. The quantitative estimate of drug-likeness (QED) is 0.773. The molecule has 0 spiro atoms. The molecule has 106 valence electrons. The second-order valence-corrected chi connectivity index (χ2v) is 6.42. The van der Waals surface area contributed by atoms with Gasteiger partial charge < -0.3 is 5.32 Å². The number of nitrogens with one attached hydrogen (secondary N) is 2. The van der Waals surface area contributed by atoms with E-state index in [-0.39, 0.29) is 11.8 Å². The fraction of sp³-hybridized carbons (Fsp3) is 0.214. The van der Waals surface area contributed by atoms with E-state index in [1.54, 1.807) is 0 Å². The highest BCUT2D eigenvalue weighted by atomic mass is 35.5. The second-order valence-electron chi connectivity index (χ2n) is 5.01. The first-order chi connectivity index (χ1) is 10.2. The highest BCUT2D eigenvalue weighted by molar-refractivity contribution is 7.22. The number of carbonyl (C=O) groups excluding carboxylic acids is 1. The molecule has 0 aliphatic heterocycles. The Balaban J connectivity index is 1.72. The van der Waals surface area contributed by atoms with Crippen molar-refractivity contribution in [2.75, 3.05) is 5.32 Å². The van der Waals surface area contributed by atoms with Crippen LogP contribution in [0.2, 0.25) is 5.02 Å². The fourth-order valence-corrected chi connectivity index (χ4v) is 3.31. The van der Waals surface area contributed by atoms with Gasteiger partial charge in [0, 0.05) is 16.5 Å². The molecule has 2 N–H and O–H groups in total. The average molecular weight is 319 g/mol. The number of hydrogen-bond donors (Lipinski definition) is 2. The predicted octanol–water partition coefficient (Wildman–Crippen LogP) is 3.69. The normalized spacial score (nSPS) is 14.5. The van der Waals surface area contributed by atoms with Gasteiger partial charge in [-0.3, -0.25) is 9.89 Å². The number of halogens is 1. The number of thiazole rings is 1. The van der Waals surface area contributed by atoms with E-state index in [1.165, 1.54) is 11.3 Å². The van der Waals surface area contributed by atoms with Crippen LogP contribution in [0.1, 0.15) is 12.8 Å². The maximum Gasteiger partial charge on any atom is 0.229 e. The first-order valence-corrected chi connectivity index (χ1v) is 7.82. The van der Waals surface area contributed by atoms with Gasteiger partial charge in [-0.2, -0.15) is 10.1 Å². The Kier molecular flexibility index (Phi) is 2.94. The molecular formula is C14H11ClN4OS. The Bertz CT molecular complexity index is 836. The monoisotopic (exact) mass is 318 g/mol. The van der Waals surface area contributed by atoms with Crippen LogP contribution in [0.5, 0.6) is 0 Å². The van der Waals surface area contributed by atoms with Crippen LogP contribution in [-0.4, -0.2) is 21.1 Å². The minimum absolute atomic E-state index is 0.0506. The lowest BCUT2D eigenvalue weighted by atomic mass is 10.1. The second kappa shape index (κ2) is 4.82. The van der Waals surface area contributed by atoms with Crippen LogP contribution in [0.15, 0.2) is 24.3 Å². The average Bonchev–Trinajstić information content (AvgIpc) is 3.15. The molecule has 2 aromatic heterocycles. The summed E-state index contributed by atoms with van der Waals surface area (Å²) in [7, 11) is 0. The Hall–Kier alpha value is -1.92. The summed E-state index contributed by atoms with van der Waals surface area (Å²) in [5, 5.41) is 11.3. The number of nitrogens with zero attached hydrogens (tertiary/aromatic N) is 2. The van der Waals surface area contributed by atoms with Crippen LogP contribution < -0.4 is 5.32 Å². The van der Waals surface area contributed by atoms with E-state index in [2.05, 4.69) is 20.5 Å². The van der Waals surface area contributed by atoms with Gasteiger partial charge in [-0.25, -0.2) is 0 Å². The zero-order chi connectivity index (χ0) is 14.4. The summed E-state index contributed by atoms with van der Waals surface area (Å²) in [6.07, 6.45) is 1.94. The zero-order valence-corrected chi connectivity index (χ0v) is 12.5. The summed E-state index contributed by atoms with van der Waals surface area (Å²) in [5.41, 5.74) is 2.31. The number of aromatic amines is 1. The summed E-state index contributed by atoms with van der Waals surface area (Å²) < 4.78 is 0.897. The SMILES string of the molecule is O=C(Nc1nc2n[nH]c(-c3ccccc3Cl)c2s1)C1CC1. The standard InChI is InChI=1S/C14H11ClN4OS/c15-9-4-2-1-3-8(9)10-11-12(19-18-10)16-14(21-11)17-13(20)7-5-6-7/h1-4,7H,5-6H2,(H2,16,17,18,19,20). The molecule has 0 unspecified atom stereocenters. The number of amides is 1. The Morgan fingerprint density at radius 3 is 2.95 bits per heavy atom. The fourth-order valence-electron chi connectivity index (χ4n) is 2.16. The molecule has 1 aliphatic carbocycles. The van der Waals surface area contributed by atoms with Gasteiger partial charge in [-0.05, 0) is 18.9 Å². The molecule has 0 atom stereocenters. The van der Waals surface area contributed by atoms with E-state index in [0.717, 1.165) is 28.8 Å². The molecule has 1 aromatic carbocycles. The molecule has 2 heterocycles. The van der Waals surface area contributed by atoms with Crippen molar-refractivity contribution in [1.82, 2.24) is 15.2 Å². The third-order valence-corrected chi connectivity index (χ3v) is 4.74. The van der Waals surface area contributed by atoms with Crippen LogP contribution in [-0.2, 0) is 4.79 Å². The van der Waals surface area contributed by atoms with Crippen molar-refractivity contribution in [2.45, 2.75) is 12.8 Å². The number of aromatic nitrogens is 3. The summed E-state index contributed by atoms with van der Waals surface area (Å²) >= 11 is 7.64. The van der Waals surface area contributed by atoms with Crippen molar-refractivity contribution in [3.05, 3.63) is 29.3 Å². The molecule has 3 aromatic rings. The molecule has 21 heavy (non-hydrogen) atoms. The first kappa shape index (κ1) is 12.8. The Labute approximate surface area is 129 Å². The van der Waals surface area contributed by atoms with E-state index < -0.39 is 0 Å². The molecule has 0 radical (unpaired) electrons. The van der Waals surface area contributed by atoms with Gasteiger partial charge in [0.25, 0.3) is 0 Å². The molecule has 7 heteroatoms. The molecule has 5 nitrogen and oxygen atoms in total. The number of anilines is 1. The van der Waals surface area contributed by atoms with Gasteiger partial charge in [0.05, 0.1) is 5.69 Å². The summed E-state index contributed by atoms with van der Waals surface area (Å²) in [5.74, 6) is 0.209. The Morgan fingerprint density at radius 1 is 1.38 bits per heavy atom. The third-order valence-electron chi connectivity index (χ3n) is 3.43. The van der Waals surface area contributed by atoms with Gasteiger partial charge in [-0.1, -0.05) is 41.1 Å². The molecule has 0 saturated heterocycles. The molecular weight excluding hydrogens is 308 g/mol. The van der Waals surface area contributed by atoms with E-state index in [1.807, 2.05) is 24.3 Å². The zero-order valence-electron chi connectivity index (χ0n) is 10.9. The van der Waals surface area contributed by atoms with Gasteiger partial charge in [-0.15, -0.1) is 0 Å². The van der Waals surface area contributed by atoms with Crippen LogP contribution in [0.3, 0.4) is 0 Å². The lowest BCUT2D eigenvalue weighted by Crippen LogP contribution is -2.12. The number of H-pyrrole nitrogens is 1. The maximum absolute atomic E-state index is 11.8. The molecule has 1 saturated carbocycles. The summed E-state index contributed by atoms with van der Waals surface area (Å²) in [6, 6.07) is 7.57. The lowest BCUT2D eigenvalue weighted by molar-refractivity contribution is -0.117. The van der Waals surface area contributed by atoms with Crippen molar-refractivity contribution >= 4 is 44.3 Å². The molecule has 4 rings (SSSR count). The Morgan fingerprint density at radius 2 is 2.19 bits per heavy atom.